The molecule has 276 valence electrons. The molecule has 4 nitrogen and oxygen atoms in total. The van der Waals surface area contributed by atoms with Crippen LogP contribution in [0.1, 0.15) is 0 Å². The van der Waals surface area contributed by atoms with Gasteiger partial charge in [-0.25, -0.2) is 19.9 Å². The standard InChI is InChI=1S/C54H34N4S/c1-4-14-35(15-5-1)36-26-28-39(29-27-36)53-56-52(38-18-8-3-9-19-38)57-54(58-53)44-23-13-22-42(33-44)40-20-12-21-41(32-40)43-30-31-47-46(34-43)49-45-24-10-11-25-48(45)59-51(49)50(55-47)37-16-6-2-7-17-37/h1-34H. The van der Waals surface area contributed by atoms with Gasteiger partial charge in [0.1, 0.15) is 0 Å². The topological polar surface area (TPSA) is 51.6 Å². The summed E-state index contributed by atoms with van der Waals surface area (Å²) in [6, 6.07) is 72.2. The highest BCUT2D eigenvalue weighted by molar-refractivity contribution is 7.26. The van der Waals surface area contributed by atoms with E-state index in [-0.39, 0.29) is 0 Å². The van der Waals surface area contributed by atoms with Gasteiger partial charge in [-0.1, -0.05) is 176 Å². The quantitative estimate of drug-likeness (QED) is 0.162. The SMILES string of the molecule is c1ccc(-c2ccc(-c3nc(-c4ccccc4)nc(-c4cccc(-c5cccc(-c6ccc7nc(-c8ccccc8)c8sc9ccccc9c8c7c6)c5)c4)n3)cc2)cc1. The third-order valence-electron chi connectivity index (χ3n) is 10.9. The molecule has 0 N–H and O–H groups in total. The molecule has 0 atom stereocenters. The van der Waals surface area contributed by atoms with E-state index < -0.39 is 0 Å². The van der Waals surface area contributed by atoms with Crippen molar-refractivity contribution in [2.45, 2.75) is 0 Å². The summed E-state index contributed by atoms with van der Waals surface area (Å²) in [5.74, 6) is 1.90. The van der Waals surface area contributed by atoms with Crippen molar-refractivity contribution in [1.82, 2.24) is 19.9 Å². The number of rotatable bonds is 7. The van der Waals surface area contributed by atoms with Gasteiger partial charge in [0, 0.05) is 43.1 Å². The smallest absolute Gasteiger partial charge is 0.164 e. The summed E-state index contributed by atoms with van der Waals surface area (Å²) in [5.41, 5.74) is 12.8. The van der Waals surface area contributed by atoms with Crippen LogP contribution in [0, 0.1) is 0 Å². The molecular formula is C54H34N4S. The summed E-state index contributed by atoms with van der Waals surface area (Å²) < 4.78 is 2.48. The summed E-state index contributed by atoms with van der Waals surface area (Å²) in [4.78, 5) is 20.3. The Labute approximate surface area is 345 Å². The summed E-state index contributed by atoms with van der Waals surface area (Å²) >= 11 is 1.82. The molecule has 11 rings (SSSR count). The average molecular weight is 771 g/mol. The number of fused-ring (bicyclic) bond motifs is 5. The minimum absolute atomic E-state index is 0.628. The van der Waals surface area contributed by atoms with Crippen molar-refractivity contribution < 1.29 is 0 Å². The third kappa shape index (κ3) is 6.54. The van der Waals surface area contributed by atoms with Gasteiger partial charge in [-0.15, -0.1) is 11.3 Å². The Morgan fingerprint density at radius 2 is 0.729 bits per heavy atom. The highest BCUT2D eigenvalue weighted by Crippen LogP contribution is 2.43. The summed E-state index contributed by atoms with van der Waals surface area (Å²) in [6.45, 7) is 0. The first-order chi connectivity index (χ1) is 29.2. The van der Waals surface area contributed by atoms with Crippen LogP contribution in [0.3, 0.4) is 0 Å². The van der Waals surface area contributed by atoms with Crippen molar-refractivity contribution in [2.24, 2.45) is 0 Å². The lowest BCUT2D eigenvalue weighted by Gasteiger charge is -2.12. The molecule has 0 amide bonds. The Bertz CT molecular complexity index is 3310. The van der Waals surface area contributed by atoms with Crippen LogP contribution in [0.2, 0.25) is 0 Å². The average Bonchev–Trinajstić information content (AvgIpc) is 3.72. The van der Waals surface area contributed by atoms with Crippen LogP contribution in [0.15, 0.2) is 206 Å². The number of nitrogens with zero attached hydrogens (tertiary/aromatic N) is 4. The van der Waals surface area contributed by atoms with E-state index in [4.69, 9.17) is 19.9 Å². The van der Waals surface area contributed by atoms with E-state index in [1.54, 1.807) is 0 Å². The van der Waals surface area contributed by atoms with E-state index in [0.29, 0.717) is 17.5 Å². The van der Waals surface area contributed by atoms with Crippen LogP contribution in [-0.2, 0) is 0 Å². The van der Waals surface area contributed by atoms with Crippen molar-refractivity contribution in [3.05, 3.63) is 206 Å². The molecule has 5 heteroatoms. The molecule has 59 heavy (non-hydrogen) atoms. The highest BCUT2D eigenvalue weighted by Gasteiger charge is 2.18. The van der Waals surface area contributed by atoms with Crippen molar-refractivity contribution in [3.8, 4) is 78.8 Å². The molecule has 0 aliphatic carbocycles. The van der Waals surface area contributed by atoms with E-state index in [9.17, 15) is 0 Å². The lowest BCUT2D eigenvalue weighted by molar-refractivity contribution is 1.07. The second-order valence-corrected chi connectivity index (χ2v) is 15.7. The Balaban J connectivity index is 0.984. The monoisotopic (exact) mass is 770 g/mol. The Morgan fingerprint density at radius 3 is 1.39 bits per heavy atom. The van der Waals surface area contributed by atoms with Crippen LogP contribution < -0.4 is 0 Å². The highest BCUT2D eigenvalue weighted by atomic mass is 32.1. The number of hydrogen-bond acceptors (Lipinski definition) is 5. The van der Waals surface area contributed by atoms with Gasteiger partial charge in [0.15, 0.2) is 17.5 Å². The summed E-state index contributed by atoms with van der Waals surface area (Å²) in [7, 11) is 0. The molecule has 3 heterocycles. The molecule has 0 saturated carbocycles. The van der Waals surface area contributed by atoms with Gasteiger partial charge < -0.3 is 0 Å². The molecule has 0 saturated heterocycles. The zero-order chi connectivity index (χ0) is 39.1. The molecule has 0 fully saturated rings. The molecule has 0 unspecified atom stereocenters. The third-order valence-corrected chi connectivity index (χ3v) is 12.1. The number of benzene rings is 8. The van der Waals surface area contributed by atoms with Crippen LogP contribution in [0.4, 0.5) is 0 Å². The number of aromatic nitrogens is 4. The van der Waals surface area contributed by atoms with Gasteiger partial charge in [-0.2, -0.15) is 0 Å². The summed E-state index contributed by atoms with van der Waals surface area (Å²) in [6.07, 6.45) is 0. The summed E-state index contributed by atoms with van der Waals surface area (Å²) in [5, 5.41) is 3.69. The molecule has 0 aliphatic rings. The Hall–Kier alpha value is -7.60. The minimum atomic E-state index is 0.628. The number of hydrogen-bond donors (Lipinski definition) is 0. The van der Waals surface area contributed by atoms with Gasteiger partial charge in [0.25, 0.3) is 0 Å². The maximum Gasteiger partial charge on any atom is 0.164 e. The van der Waals surface area contributed by atoms with Gasteiger partial charge >= 0.3 is 0 Å². The van der Waals surface area contributed by atoms with Crippen LogP contribution in [0.5, 0.6) is 0 Å². The first-order valence-corrected chi connectivity index (χ1v) is 20.5. The van der Waals surface area contributed by atoms with Gasteiger partial charge in [0.2, 0.25) is 0 Å². The fourth-order valence-electron chi connectivity index (χ4n) is 7.96. The fourth-order valence-corrected chi connectivity index (χ4v) is 9.19. The zero-order valence-electron chi connectivity index (χ0n) is 31.8. The van der Waals surface area contributed by atoms with E-state index in [2.05, 4.69) is 170 Å². The van der Waals surface area contributed by atoms with E-state index in [0.717, 1.165) is 66.7 Å². The minimum Gasteiger partial charge on any atom is -0.246 e. The zero-order valence-corrected chi connectivity index (χ0v) is 32.6. The fraction of sp³-hybridized carbons (Fsp3) is 0. The maximum atomic E-state index is 5.27. The molecule has 8 aromatic carbocycles. The normalized spacial score (nSPS) is 11.4. The van der Waals surface area contributed by atoms with E-state index in [1.165, 1.54) is 25.7 Å². The van der Waals surface area contributed by atoms with Crippen LogP contribution in [0.25, 0.3) is 110 Å². The Kier molecular flexibility index (Phi) is 8.64. The van der Waals surface area contributed by atoms with Crippen molar-refractivity contribution >= 4 is 42.4 Å². The Morgan fingerprint density at radius 1 is 0.288 bits per heavy atom. The second kappa shape index (κ2) is 14.7. The number of thiophene rings is 1. The van der Waals surface area contributed by atoms with Crippen molar-refractivity contribution in [3.63, 3.8) is 0 Å². The van der Waals surface area contributed by atoms with Crippen LogP contribution >= 0.6 is 11.3 Å². The van der Waals surface area contributed by atoms with Gasteiger partial charge in [0.05, 0.1) is 15.9 Å². The first kappa shape index (κ1) is 34.6. The molecule has 0 spiro atoms. The molecular weight excluding hydrogens is 737 g/mol. The predicted octanol–water partition coefficient (Wildman–Crippen LogP) is 14.5. The lowest BCUT2D eigenvalue weighted by atomic mass is 9.96. The lowest BCUT2D eigenvalue weighted by Crippen LogP contribution is -2.00. The first-order valence-electron chi connectivity index (χ1n) is 19.7. The van der Waals surface area contributed by atoms with Gasteiger partial charge in [-0.05, 0) is 63.7 Å². The predicted molar refractivity (Wildman–Crippen MR) is 246 cm³/mol. The van der Waals surface area contributed by atoms with Crippen molar-refractivity contribution in [2.75, 3.05) is 0 Å². The number of pyridine rings is 1. The molecule has 0 aliphatic heterocycles. The largest absolute Gasteiger partial charge is 0.246 e. The van der Waals surface area contributed by atoms with E-state index in [1.807, 2.05) is 47.7 Å². The van der Waals surface area contributed by atoms with Crippen molar-refractivity contribution in [1.29, 1.82) is 0 Å². The molecule has 0 bridgehead atoms. The van der Waals surface area contributed by atoms with Gasteiger partial charge in [-0.3, -0.25) is 0 Å². The maximum absolute atomic E-state index is 5.27. The molecule has 0 radical (unpaired) electrons. The second-order valence-electron chi connectivity index (χ2n) is 14.6. The molecule has 11 aromatic rings. The molecule has 3 aromatic heterocycles. The van der Waals surface area contributed by atoms with E-state index >= 15 is 0 Å². The van der Waals surface area contributed by atoms with Crippen LogP contribution in [-0.4, -0.2) is 19.9 Å².